The van der Waals surface area contributed by atoms with Crippen LogP contribution in [0.25, 0.3) is 5.69 Å². The van der Waals surface area contributed by atoms with Crippen LogP contribution in [0.15, 0.2) is 47.4 Å². The van der Waals surface area contributed by atoms with E-state index in [4.69, 9.17) is 11.6 Å². The third kappa shape index (κ3) is 3.80. The first kappa shape index (κ1) is 22.4. The van der Waals surface area contributed by atoms with E-state index in [1.54, 1.807) is 52.9 Å². The van der Waals surface area contributed by atoms with E-state index in [0.29, 0.717) is 42.5 Å². The van der Waals surface area contributed by atoms with Crippen LogP contribution in [0.5, 0.6) is 0 Å². The Hall–Kier alpha value is -2.75. The van der Waals surface area contributed by atoms with Crippen LogP contribution in [0.4, 0.5) is 5.69 Å². The maximum Gasteiger partial charge on any atom is 0.280 e. The molecule has 0 N–H and O–H groups in total. The van der Waals surface area contributed by atoms with Crippen LogP contribution in [-0.2, 0) is 16.4 Å². The van der Waals surface area contributed by atoms with Crippen LogP contribution in [0, 0.1) is 6.92 Å². The first-order chi connectivity index (χ1) is 15.3. The predicted molar refractivity (Wildman–Crippen MR) is 123 cm³/mol. The minimum atomic E-state index is -3.56. The molecule has 0 fully saturated rings. The van der Waals surface area contributed by atoms with Crippen molar-refractivity contribution in [1.82, 2.24) is 19.3 Å². The molecule has 1 amide bonds. The van der Waals surface area contributed by atoms with Gasteiger partial charge in [-0.25, -0.2) is 13.1 Å². The van der Waals surface area contributed by atoms with Gasteiger partial charge in [-0.3, -0.25) is 4.79 Å². The van der Waals surface area contributed by atoms with Crippen LogP contribution in [0.3, 0.4) is 0 Å². The zero-order chi connectivity index (χ0) is 23.0. The Morgan fingerprint density at radius 2 is 1.91 bits per heavy atom. The van der Waals surface area contributed by atoms with E-state index in [9.17, 15) is 13.2 Å². The lowest BCUT2D eigenvalue weighted by Gasteiger charge is -2.20. The molecule has 0 spiro atoms. The largest absolute Gasteiger partial charge is 0.306 e. The van der Waals surface area contributed by atoms with Gasteiger partial charge < -0.3 is 4.90 Å². The summed E-state index contributed by atoms with van der Waals surface area (Å²) in [5.41, 5.74) is 3.09. The second kappa shape index (κ2) is 8.65. The summed E-state index contributed by atoms with van der Waals surface area (Å²) in [7, 11) is -3.56. The fourth-order valence-electron chi connectivity index (χ4n) is 3.97. The molecule has 0 saturated carbocycles. The Bertz CT molecular complexity index is 1280. The van der Waals surface area contributed by atoms with Gasteiger partial charge in [0.15, 0.2) is 5.69 Å². The van der Waals surface area contributed by atoms with Gasteiger partial charge in [0.05, 0.1) is 16.3 Å². The molecule has 1 aromatic heterocycles. The molecule has 32 heavy (non-hydrogen) atoms. The van der Waals surface area contributed by atoms with Crippen molar-refractivity contribution in [3.05, 3.63) is 64.4 Å². The maximum atomic E-state index is 13.3. The summed E-state index contributed by atoms with van der Waals surface area (Å²) < 4.78 is 28.7. The average molecular weight is 474 g/mol. The standard InChI is InChI=1S/C22H24ClN5O3S/c1-4-26(5-2)32(30,31)19-9-10-20-16(13-19)11-12-27(20)22(29)21-15(3)28(25-24-21)18-8-6-7-17(23)14-18/h6-10,13-14H,4-5,11-12H2,1-3H3. The number of rotatable bonds is 6. The lowest BCUT2D eigenvalue weighted by Crippen LogP contribution is -2.31. The Kier molecular flexibility index (Phi) is 6.07. The highest BCUT2D eigenvalue weighted by molar-refractivity contribution is 7.89. The van der Waals surface area contributed by atoms with Gasteiger partial charge in [-0.1, -0.05) is 36.7 Å². The molecule has 0 saturated heterocycles. The molecular weight excluding hydrogens is 450 g/mol. The summed E-state index contributed by atoms with van der Waals surface area (Å²) >= 11 is 6.08. The van der Waals surface area contributed by atoms with E-state index in [1.807, 2.05) is 19.9 Å². The Morgan fingerprint density at radius 1 is 1.16 bits per heavy atom. The number of aromatic nitrogens is 3. The summed E-state index contributed by atoms with van der Waals surface area (Å²) in [4.78, 5) is 15.2. The maximum absolute atomic E-state index is 13.3. The molecule has 8 nitrogen and oxygen atoms in total. The zero-order valence-corrected chi connectivity index (χ0v) is 19.7. The summed E-state index contributed by atoms with van der Waals surface area (Å²) in [6.45, 7) is 6.67. The summed E-state index contributed by atoms with van der Waals surface area (Å²) in [5, 5.41) is 8.82. The highest BCUT2D eigenvalue weighted by Gasteiger charge is 2.31. The number of anilines is 1. The Labute approximate surface area is 192 Å². The van der Waals surface area contributed by atoms with E-state index >= 15 is 0 Å². The van der Waals surface area contributed by atoms with E-state index in [0.717, 1.165) is 11.3 Å². The minimum absolute atomic E-state index is 0.248. The van der Waals surface area contributed by atoms with E-state index in [1.165, 1.54) is 4.31 Å². The van der Waals surface area contributed by atoms with Gasteiger partial charge in [0.1, 0.15) is 0 Å². The predicted octanol–water partition coefficient (Wildman–Crippen LogP) is 3.46. The molecule has 1 aliphatic heterocycles. The van der Waals surface area contributed by atoms with Crippen LogP contribution in [-0.4, -0.2) is 53.3 Å². The molecule has 0 unspecified atom stereocenters. The first-order valence-electron chi connectivity index (χ1n) is 10.4. The lowest BCUT2D eigenvalue weighted by molar-refractivity contribution is 0.0984. The lowest BCUT2D eigenvalue weighted by atomic mass is 10.2. The highest BCUT2D eigenvalue weighted by Crippen LogP contribution is 2.32. The number of halogens is 1. The zero-order valence-electron chi connectivity index (χ0n) is 18.1. The molecule has 3 aromatic rings. The van der Waals surface area contributed by atoms with E-state index < -0.39 is 10.0 Å². The van der Waals surface area contributed by atoms with Gasteiger partial charge in [-0.2, -0.15) is 4.31 Å². The van der Waals surface area contributed by atoms with Crippen molar-refractivity contribution in [2.45, 2.75) is 32.1 Å². The summed E-state index contributed by atoms with van der Waals surface area (Å²) in [5.74, 6) is -0.270. The Balaban J connectivity index is 1.64. The molecular formula is C22H24ClN5O3S. The van der Waals surface area contributed by atoms with E-state index in [2.05, 4.69) is 10.3 Å². The summed E-state index contributed by atoms with van der Waals surface area (Å²) in [6.07, 6.45) is 0.574. The number of amides is 1. The van der Waals surface area contributed by atoms with Crippen molar-refractivity contribution in [2.24, 2.45) is 0 Å². The number of sulfonamides is 1. The van der Waals surface area contributed by atoms with Crippen molar-refractivity contribution in [3.63, 3.8) is 0 Å². The third-order valence-electron chi connectivity index (χ3n) is 5.68. The molecule has 0 bridgehead atoms. The molecule has 168 valence electrons. The SMILES string of the molecule is CCN(CC)S(=O)(=O)c1ccc2c(c1)CCN2C(=O)c1nnn(-c2cccc(Cl)c2)c1C. The topological polar surface area (TPSA) is 88.4 Å². The fraction of sp³-hybridized carbons (Fsp3) is 0.318. The molecule has 4 rings (SSSR count). The van der Waals surface area contributed by atoms with Gasteiger partial charge in [0.2, 0.25) is 10.0 Å². The Morgan fingerprint density at radius 3 is 2.59 bits per heavy atom. The number of nitrogens with zero attached hydrogens (tertiary/aromatic N) is 5. The molecule has 0 atom stereocenters. The smallest absolute Gasteiger partial charge is 0.280 e. The van der Waals surface area contributed by atoms with Crippen LogP contribution in [0.1, 0.15) is 35.6 Å². The molecule has 0 aliphatic carbocycles. The normalized spacial score (nSPS) is 13.6. The molecule has 0 radical (unpaired) electrons. The van der Waals surface area contributed by atoms with Gasteiger partial charge in [0, 0.05) is 30.3 Å². The van der Waals surface area contributed by atoms with Crippen molar-refractivity contribution in [1.29, 1.82) is 0 Å². The van der Waals surface area contributed by atoms with Gasteiger partial charge in [-0.15, -0.1) is 5.10 Å². The van der Waals surface area contributed by atoms with Crippen LogP contribution < -0.4 is 4.90 Å². The number of hydrogen-bond acceptors (Lipinski definition) is 5. The fourth-order valence-corrected chi connectivity index (χ4v) is 5.66. The third-order valence-corrected chi connectivity index (χ3v) is 7.97. The number of carbonyl (C=O) groups excluding carboxylic acids is 1. The van der Waals surface area contributed by atoms with E-state index in [-0.39, 0.29) is 16.5 Å². The molecule has 2 heterocycles. The van der Waals surface area contributed by atoms with Crippen molar-refractivity contribution in [2.75, 3.05) is 24.5 Å². The van der Waals surface area contributed by atoms with Crippen LogP contribution in [0.2, 0.25) is 5.02 Å². The van der Waals surface area contributed by atoms with Crippen molar-refractivity contribution >= 4 is 33.2 Å². The molecule has 1 aliphatic rings. The monoisotopic (exact) mass is 473 g/mol. The highest BCUT2D eigenvalue weighted by atomic mass is 35.5. The van der Waals surface area contributed by atoms with Crippen molar-refractivity contribution < 1.29 is 13.2 Å². The molecule has 10 heteroatoms. The summed E-state index contributed by atoms with van der Waals surface area (Å²) in [6, 6.07) is 12.1. The molecule has 2 aromatic carbocycles. The van der Waals surface area contributed by atoms with Gasteiger partial charge >= 0.3 is 0 Å². The van der Waals surface area contributed by atoms with Gasteiger partial charge in [-0.05, 0) is 55.3 Å². The second-order valence-electron chi connectivity index (χ2n) is 7.50. The second-order valence-corrected chi connectivity index (χ2v) is 9.88. The quantitative estimate of drug-likeness (QED) is 0.547. The van der Waals surface area contributed by atoms with Gasteiger partial charge in [0.25, 0.3) is 5.91 Å². The number of hydrogen-bond donors (Lipinski definition) is 0. The number of carbonyl (C=O) groups is 1. The minimum Gasteiger partial charge on any atom is -0.306 e. The first-order valence-corrected chi connectivity index (χ1v) is 12.2. The number of benzene rings is 2. The van der Waals surface area contributed by atoms with Crippen molar-refractivity contribution in [3.8, 4) is 5.69 Å². The average Bonchev–Trinajstić information content (AvgIpc) is 3.37. The van der Waals surface area contributed by atoms with Crippen LogP contribution >= 0.6 is 11.6 Å². The number of fused-ring (bicyclic) bond motifs is 1.